The molecule has 1 aliphatic heterocycles. The van der Waals surface area contributed by atoms with Crippen molar-refractivity contribution in [1.29, 1.82) is 0 Å². The molecule has 0 aliphatic carbocycles. The van der Waals surface area contributed by atoms with E-state index in [1.54, 1.807) is 11.3 Å². The van der Waals surface area contributed by atoms with Crippen LogP contribution in [-0.4, -0.2) is 50.0 Å². The molecule has 0 radical (unpaired) electrons. The highest BCUT2D eigenvalue weighted by Gasteiger charge is 2.23. The van der Waals surface area contributed by atoms with Gasteiger partial charge < -0.3 is 4.74 Å². The Hall–Kier alpha value is -1.05. The molecule has 7 heteroatoms. The van der Waals surface area contributed by atoms with E-state index in [0.29, 0.717) is 12.2 Å². The van der Waals surface area contributed by atoms with Crippen LogP contribution in [0.15, 0.2) is 0 Å². The van der Waals surface area contributed by atoms with Gasteiger partial charge in [-0.2, -0.15) is 9.61 Å². The third-order valence-corrected chi connectivity index (χ3v) is 4.31. The quantitative estimate of drug-likeness (QED) is 0.860. The zero-order valence-corrected chi connectivity index (χ0v) is 13.1. The van der Waals surface area contributed by atoms with Crippen molar-refractivity contribution in [1.82, 2.24) is 24.7 Å². The Labute approximate surface area is 122 Å². The fourth-order valence-electron chi connectivity index (χ4n) is 2.75. The summed E-state index contributed by atoms with van der Waals surface area (Å²) < 4.78 is 7.66. The fraction of sp³-hybridized carbons (Fsp3) is 0.769. The molecule has 1 aliphatic rings. The van der Waals surface area contributed by atoms with E-state index in [1.165, 1.54) is 0 Å². The van der Waals surface area contributed by atoms with Crippen LogP contribution >= 0.6 is 11.3 Å². The second-order valence-corrected chi connectivity index (χ2v) is 6.55. The summed E-state index contributed by atoms with van der Waals surface area (Å²) in [6.07, 6.45) is 2.57. The van der Waals surface area contributed by atoms with Crippen molar-refractivity contribution in [2.75, 3.05) is 13.1 Å². The predicted molar refractivity (Wildman–Crippen MR) is 77.9 cm³/mol. The van der Waals surface area contributed by atoms with Crippen LogP contribution in [0.5, 0.6) is 0 Å². The second kappa shape index (κ2) is 5.75. The second-order valence-electron chi connectivity index (χ2n) is 5.51. The minimum atomic E-state index is 0.292. The molecule has 0 N–H and O–H groups in total. The molecule has 3 rings (SSSR count). The van der Waals surface area contributed by atoms with E-state index in [9.17, 15) is 0 Å². The lowest BCUT2D eigenvalue weighted by Gasteiger charge is -2.34. The summed E-state index contributed by atoms with van der Waals surface area (Å²) >= 11 is 1.64. The van der Waals surface area contributed by atoms with Crippen molar-refractivity contribution < 1.29 is 4.74 Å². The molecule has 0 aromatic carbocycles. The molecule has 3 heterocycles. The van der Waals surface area contributed by atoms with Crippen LogP contribution in [0.4, 0.5) is 0 Å². The van der Waals surface area contributed by atoms with Gasteiger partial charge in [0.1, 0.15) is 5.01 Å². The van der Waals surface area contributed by atoms with Crippen molar-refractivity contribution in [2.24, 2.45) is 0 Å². The molecule has 20 heavy (non-hydrogen) atoms. The summed E-state index contributed by atoms with van der Waals surface area (Å²) in [6.45, 7) is 9.20. The number of hydrogen-bond donors (Lipinski definition) is 0. The van der Waals surface area contributed by atoms with E-state index in [2.05, 4.69) is 41.0 Å². The highest BCUT2D eigenvalue weighted by Crippen LogP contribution is 2.19. The Morgan fingerprint density at radius 2 is 2.00 bits per heavy atom. The lowest BCUT2D eigenvalue weighted by atomic mass is 10.2. The van der Waals surface area contributed by atoms with Crippen LogP contribution in [0, 0.1) is 0 Å². The minimum Gasteiger partial charge on any atom is -0.373 e. The lowest BCUT2D eigenvalue weighted by molar-refractivity contribution is -0.0705. The van der Waals surface area contributed by atoms with Crippen LogP contribution in [-0.2, 0) is 17.7 Å². The first-order valence-electron chi connectivity index (χ1n) is 7.23. The molecular formula is C13H21N5OS. The van der Waals surface area contributed by atoms with Gasteiger partial charge in [-0.05, 0) is 20.3 Å². The zero-order valence-electron chi connectivity index (χ0n) is 12.2. The minimum absolute atomic E-state index is 0.292. The predicted octanol–water partition coefficient (Wildman–Crippen LogP) is 1.75. The first kappa shape index (κ1) is 13.9. The maximum Gasteiger partial charge on any atom is 0.234 e. The van der Waals surface area contributed by atoms with Gasteiger partial charge in [0.15, 0.2) is 5.82 Å². The van der Waals surface area contributed by atoms with Crippen LogP contribution in [0.1, 0.15) is 38.0 Å². The van der Waals surface area contributed by atoms with Gasteiger partial charge in [0.25, 0.3) is 0 Å². The highest BCUT2D eigenvalue weighted by molar-refractivity contribution is 7.16. The van der Waals surface area contributed by atoms with Gasteiger partial charge in [0.05, 0.1) is 18.8 Å². The average molecular weight is 295 g/mol. The molecule has 110 valence electrons. The normalized spacial score (nSPS) is 24.6. The fourth-order valence-corrected chi connectivity index (χ4v) is 3.64. The van der Waals surface area contributed by atoms with Crippen LogP contribution < -0.4 is 0 Å². The highest BCUT2D eigenvalue weighted by atomic mass is 32.1. The number of ether oxygens (including phenoxy) is 1. The Morgan fingerprint density at radius 3 is 2.70 bits per heavy atom. The Bertz CT molecular complexity index is 570. The molecule has 0 unspecified atom stereocenters. The van der Waals surface area contributed by atoms with Crippen LogP contribution in [0.25, 0.3) is 4.96 Å². The molecule has 2 aromatic heterocycles. The number of nitrogens with zero attached hydrogens (tertiary/aromatic N) is 5. The summed E-state index contributed by atoms with van der Waals surface area (Å²) in [6, 6.07) is 0. The summed E-state index contributed by atoms with van der Waals surface area (Å²) in [7, 11) is 0. The van der Waals surface area contributed by atoms with E-state index in [-0.39, 0.29) is 0 Å². The summed E-state index contributed by atoms with van der Waals surface area (Å²) in [5.74, 6) is 0.966. The van der Waals surface area contributed by atoms with Crippen molar-refractivity contribution in [2.45, 2.75) is 52.4 Å². The number of morpholine rings is 1. The molecule has 0 spiro atoms. The first-order valence-corrected chi connectivity index (χ1v) is 8.05. The molecule has 1 fully saturated rings. The lowest BCUT2D eigenvalue weighted by Crippen LogP contribution is -2.44. The maximum absolute atomic E-state index is 5.76. The van der Waals surface area contributed by atoms with Gasteiger partial charge in [0, 0.05) is 19.5 Å². The van der Waals surface area contributed by atoms with E-state index in [0.717, 1.165) is 48.3 Å². The van der Waals surface area contributed by atoms with Gasteiger partial charge in [-0.3, -0.25) is 4.90 Å². The standard InChI is InChI=1S/C13H21N5OS/c1-4-5-11-14-15-13-18(11)16-12(20-13)8-17-6-9(2)19-10(3)7-17/h9-10H,4-8H2,1-3H3/t9-,10+. The smallest absolute Gasteiger partial charge is 0.234 e. The molecule has 0 bridgehead atoms. The Kier molecular flexibility index (Phi) is 4.00. The third kappa shape index (κ3) is 2.84. The summed E-state index contributed by atoms with van der Waals surface area (Å²) in [5.41, 5.74) is 0. The van der Waals surface area contributed by atoms with Crippen molar-refractivity contribution >= 4 is 16.3 Å². The van der Waals surface area contributed by atoms with Crippen molar-refractivity contribution in [3.8, 4) is 0 Å². The van der Waals surface area contributed by atoms with E-state index < -0.39 is 0 Å². The van der Waals surface area contributed by atoms with Gasteiger partial charge in [-0.1, -0.05) is 18.3 Å². The van der Waals surface area contributed by atoms with E-state index >= 15 is 0 Å². The SMILES string of the molecule is CCCc1nnc2sc(CN3C[C@@H](C)O[C@@H](C)C3)nn12. The number of aryl methyl sites for hydroxylation is 1. The topological polar surface area (TPSA) is 55.5 Å². The maximum atomic E-state index is 5.76. The number of aromatic nitrogens is 4. The molecule has 2 aromatic rings. The van der Waals surface area contributed by atoms with Crippen LogP contribution in [0.3, 0.4) is 0 Å². The Morgan fingerprint density at radius 1 is 1.25 bits per heavy atom. The molecule has 6 nitrogen and oxygen atoms in total. The summed E-state index contributed by atoms with van der Waals surface area (Å²) in [4.78, 5) is 3.31. The zero-order chi connectivity index (χ0) is 14.1. The summed E-state index contributed by atoms with van der Waals surface area (Å²) in [5, 5.41) is 14.2. The first-order chi connectivity index (χ1) is 9.65. The van der Waals surface area contributed by atoms with Gasteiger partial charge in [0.2, 0.25) is 4.96 Å². The monoisotopic (exact) mass is 295 g/mol. The third-order valence-electron chi connectivity index (χ3n) is 3.42. The average Bonchev–Trinajstić information content (AvgIpc) is 2.90. The molecule has 1 saturated heterocycles. The number of hydrogen-bond acceptors (Lipinski definition) is 6. The number of fused-ring (bicyclic) bond motifs is 1. The molecule has 2 atom stereocenters. The van der Waals surface area contributed by atoms with Crippen molar-refractivity contribution in [3.63, 3.8) is 0 Å². The molecular weight excluding hydrogens is 274 g/mol. The molecule has 0 saturated carbocycles. The largest absolute Gasteiger partial charge is 0.373 e. The van der Waals surface area contributed by atoms with E-state index in [1.807, 2.05) is 4.52 Å². The Balaban J connectivity index is 1.74. The van der Waals surface area contributed by atoms with Crippen molar-refractivity contribution in [3.05, 3.63) is 10.8 Å². The number of rotatable bonds is 4. The van der Waals surface area contributed by atoms with Gasteiger partial charge in [-0.25, -0.2) is 0 Å². The van der Waals surface area contributed by atoms with Crippen LogP contribution in [0.2, 0.25) is 0 Å². The molecule has 0 amide bonds. The van der Waals surface area contributed by atoms with E-state index in [4.69, 9.17) is 4.74 Å². The van der Waals surface area contributed by atoms with Gasteiger partial charge in [-0.15, -0.1) is 10.2 Å². The van der Waals surface area contributed by atoms with Gasteiger partial charge >= 0.3 is 0 Å².